The number of nitrogens with zero attached hydrogens (tertiary/aromatic N) is 1. The van der Waals surface area contributed by atoms with Crippen LogP contribution in [0.1, 0.15) is 17.3 Å². The highest BCUT2D eigenvalue weighted by Gasteiger charge is 2.08. The molecule has 0 aromatic heterocycles. The number of carbonyl (C=O) groups excluding carboxylic acids is 1. The molecule has 0 aliphatic carbocycles. The van der Waals surface area contributed by atoms with E-state index in [1.165, 1.54) is 24.3 Å². The van der Waals surface area contributed by atoms with E-state index in [2.05, 4.69) is 5.48 Å². The van der Waals surface area contributed by atoms with Crippen LogP contribution in [0.25, 0.3) is 0 Å². The highest BCUT2D eigenvalue weighted by Crippen LogP contribution is 2.11. The Bertz CT molecular complexity index is 361. The van der Waals surface area contributed by atoms with Crippen LogP contribution < -0.4 is 5.48 Å². The summed E-state index contributed by atoms with van der Waals surface area (Å²) in [6, 6.07) is 5.26. The summed E-state index contributed by atoms with van der Waals surface area (Å²) in [6.07, 6.45) is 0. The number of hydroxylamine groups is 1. The first-order valence-electron chi connectivity index (χ1n) is 4.31. The van der Waals surface area contributed by atoms with Gasteiger partial charge in [0.05, 0.1) is 11.5 Å². The van der Waals surface area contributed by atoms with Crippen LogP contribution in [0.5, 0.6) is 0 Å². The average molecular weight is 210 g/mol. The van der Waals surface area contributed by atoms with Crippen molar-refractivity contribution in [3.63, 3.8) is 0 Å². The predicted molar refractivity (Wildman–Crippen MR) is 52.2 cm³/mol. The van der Waals surface area contributed by atoms with Gasteiger partial charge < -0.3 is 0 Å². The lowest BCUT2D eigenvalue weighted by molar-refractivity contribution is -0.384. The summed E-state index contributed by atoms with van der Waals surface area (Å²) in [5, 5.41) is 10.3. The van der Waals surface area contributed by atoms with Gasteiger partial charge in [0.15, 0.2) is 0 Å². The monoisotopic (exact) mass is 210 g/mol. The van der Waals surface area contributed by atoms with Crippen LogP contribution in [0.4, 0.5) is 5.69 Å². The van der Waals surface area contributed by atoms with Crippen molar-refractivity contribution in [1.29, 1.82) is 0 Å². The van der Waals surface area contributed by atoms with Crippen molar-refractivity contribution in [2.45, 2.75) is 6.92 Å². The zero-order chi connectivity index (χ0) is 11.3. The van der Waals surface area contributed by atoms with Crippen molar-refractivity contribution in [3.05, 3.63) is 39.9 Å². The van der Waals surface area contributed by atoms with Crippen molar-refractivity contribution in [3.8, 4) is 0 Å². The summed E-state index contributed by atoms with van der Waals surface area (Å²) in [4.78, 5) is 25.8. The fraction of sp³-hybridized carbons (Fsp3) is 0.222. The molecule has 6 nitrogen and oxygen atoms in total. The summed E-state index contributed by atoms with van der Waals surface area (Å²) in [5.41, 5.74) is 2.45. The fourth-order valence-electron chi connectivity index (χ4n) is 0.931. The van der Waals surface area contributed by atoms with E-state index in [1.54, 1.807) is 6.92 Å². The Morgan fingerprint density at radius 1 is 1.47 bits per heavy atom. The predicted octanol–water partition coefficient (Wildman–Crippen LogP) is 1.28. The number of non-ortho nitro benzene ring substituents is 1. The van der Waals surface area contributed by atoms with E-state index < -0.39 is 10.8 Å². The van der Waals surface area contributed by atoms with Crippen LogP contribution in [-0.2, 0) is 4.84 Å². The SMILES string of the molecule is CCONC(=O)c1ccc([N+](=O)[O-])cc1. The average Bonchev–Trinajstić information content (AvgIpc) is 2.26. The van der Waals surface area contributed by atoms with E-state index >= 15 is 0 Å². The number of rotatable bonds is 4. The van der Waals surface area contributed by atoms with Gasteiger partial charge >= 0.3 is 0 Å². The molecule has 0 aliphatic rings. The summed E-state index contributed by atoms with van der Waals surface area (Å²) in [5.74, 6) is -0.424. The summed E-state index contributed by atoms with van der Waals surface area (Å²) < 4.78 is 0. The molecule has 0 radical (unpaired) electrons. The molecule has 0 spiro atoms. The second kappa shape index (κ2) is 5.06. The van der Waals surface area contributed by atoms with Gasteiger partial charge in [-0.2, -0.15) is 0 Å². The van der Waals surface area contributed by atoms with Gasteiger partial charge in [0.25, 0.3) is 11.6 Å². The minimum Gasteiger partial charge on any atom is -0.274 e. The zero-order valence-electron chi connectivity index (χ0n) is 8.10. The molecule has 0 saturated carbocycles. The van der Waals surface area contributed by atoms with Crippen molar-refractivity contribution < 1.29 is 14.6 Å². The molecule has 1 aromatic rings. The lowest BCUT2D eigenvalue weighted by atomic mass is 10.2. The Hall–Kier alpha value is -1.95. The summed E-state index contributed by atoms with van der Waals surface area (Å²) >= 11 is 0. The van der Waals surface area contributed by atoms with Crippen molar-refractivity contribution in [1.82, 2.24) is 5.48 Å². The fourth-order valence-corrected chi connectivity index (χ4v) is 0.931. The minimum absolute atomic E-state index is 0.0528. The van der Waals surface area contributed by atoms with Gasteiger partial charge in [-0.3, -0.25) is 19.7 Å². The Morgan fingerprint density at radius 2 is 2.07 bits per heavy atom. The molecule has 0 atom stereocenters. The summed E-state index contributed by atoms with van der Waals surface area (Å²) in [6.45, 7) is 2.09. The van der Waals surface area contributed by atoms with Gasteiger partial charge in [-0.25, -0.2) is 5.48 Å². The van der Waals surface area contributed by atoms with Gasteiger partial charge in [0.1, 0.15) is 0 Å². The molecule has 15 heavy (non-hydrogen) atoms. The lowest BCUT2D eigenvalue weighted by Crippen LogP contribution is -2.23. The smallest absolute Gasteiger partial charge is 0.274 e. The third-order valence-corrected chi connectivity index (χ3v) is 1.65. The number of hydrogen-bond acceptors (Lipinski definition) is 4. The zero-order valence-corrected chi connectivity index (χ0v) is 8.10. The van der Waals surface area contributed by atoms with Gasteiger partial charge in [-0.05, 0) is 19.1 Å². The van der Waals surface area contributed by atoms with Crippen LogP contribution in [0.2, 0.25) is 0 Å². The third kappa shape index (κ3) is 3.03. The number of nitro benzene ring substituents is 1. The molecule has 0 heterocycles. The van der Waals surface area contributed by atoms with Gasteiger partial charge in [0.2, 0.25) is 0 Å². The normalized spacial score (nSPS) is 9.67. The van der Waals surface area contributed by atoms with E-state index in [4.69, 9.17) is 4.84 Å². The van der Waals surface area contributed by atoms with Gasteiger partial charge in [-0.15, -0.1) is 0 Å². The molecule has 80 valence electrons. The molecule has 0 saturated heterocycles. The minimum atomic E-state index is -0.524. The van der Waals surface area contributed by atoms with E-state index in [0.717, 1.165) is 0 Å². The maximum atomic E-state index is 11.3. The molecule has 6 heteroatoms. The largest absolute Gasteiger partial charge is 0.274 e. The van der Waals surface area contributed by atoms with Gasteiger partial charge in [0, 0.05) is 17.7 Å². The first kappa shape index (κ1) is 11.1. The second-order valence-electron chi connectivity index (χ2n) is 2.67. The number of hydrogen-bond donors (Lipinski definition) is 1. The Kier molecular flexibility index (Phi) is 3.75. The molecule has 1 aromatic carbocycles. The molecule has 0 unspecified atom stereocenters. The molecular weight excluding hydrogens is 200 g/mol. The number of amides is 1. The van der Waals surface area contributed by atoms with Crippen LogP contribution in [0.15, 0.2) is 24.3 Å². The number of benzene rings is 1. The quantitative estimate of drug-likeness (QED) is 0.599. The third-order valence-electron chi connectivity index (χ3n) is 1.65. The first-order chi connectivity index (χ1) is 7.15. The molecule has 1 rings (SSSR count). The van der Waals surface area contributed by atoms with E-state index in [0.29, 0.717) is 12.2 Å². The van der Waals surface area contributed by atoms with Crippen LogP contribution in [0.3, 0.4) is 0 Å². The van der Waals surface area contributed by atoms with E-state index in [9.17, 15) is 14.9 Å². The Morgan fingerprint density at radius 3 is 2.53 bits per heavy atom. The maximum absolute atomic E-state index is 11.3. The standard InChI is InChI=1S/C9H10N2O4/c1-2-15-10-9(12)7-3-5-8(6-4-7)11(13)14/h3-6H,2H2,1H3,(H,10,12). The van der Waals surface area contributed by atoms with Crippen LogP contribution in [0, 0.1) is 10.1 Å². The molecule has 0 aliphatic heterocycles. The topological polar surface area (TPSA) is 81.5 Å². The molecule has 1 N–H and O–H groups in total. The highest BCUT2D eigenvalue weighted by molar-refractivity contribution is 5.93. The second-order valence-corrected chi connectivity index (χ2v) is 2.67. The first-order valence-corrected chi connectivity index (χ1v) is 4.31. The molecule has 1 amide bonds. The van der Waals surface area contributed by atoms with Crippen molar-refractivity contribution in [2.24, 2.45) is 0 Å². The lowest BCUT2D eigenvalue weighted by Gasteiger charge is -2.02. The van der Waals surface area contributed by atoms with Gasteiger partial charge in [-0.1, -0.05) is 0 Å². The Balaban J connectivity index is 2.71. The molecule has 0 fully saturated rings. The summed E-state index contributed by atoms with van der Waals surface area (Å²) in [7, 11) is 0. The number of carbonyl (C=O) groups is 1. The number of nitrogens with one attached hydrogen (secondary N) is 1. The van der Waals surface area contributed by atoms with Crippen molar-refractivity contribution in [2.75, 3.05) is 6.61 Å². The molecular formula is C9H10N2O4. The van der Waals surface area contributed by atoms with Crippen LogP contribution in [-0.4, -0.2) is 17.4 Å². The van der Waals surface area contributed by atoms with Crippen molar-refractivity contribution >= 4 is 11.6 Å². The number of nitro groups is 1. The van der Waals surface area contributed by atoms with E-state index in [1.807, 2.05) is 0 Å². The highest BCUT2D eigenvalue weighted by atomic mass is 16.6. The Labute approximate surface area is 86.0 Å². The van der Waals surface area contributed by atoms with E-state index in [-0.39, 0.29) is 5.69 Å². The maximum Gasteiger partial charge on any atom is 0.274 e. The van der Waals surface area contributed by atoms with Crippen LogP contribution >= 0.6 is 0 Å². The molecule has 0 bridgehead atoms.